The molecule has 174 valence electrons. The normalized spacial score (nSPS) is 18.2. The van der Waals surface area contributed by atoms with Crippen LogP contribution in [0.3, 0.4) is 0 Å². The summed E-state index contributed by atoms with van der Waals surface area (Å²) in [6.45, 7) is 2.69. The Hall–Kier alpha value is -2.33. The van der Waals surface area contributed by atoms with Crippen molar-refractivity contribution in [1.29, 1.82) is 0 Å². The van der Waals surface area contributed by atoms with E-state index in [9.17, 15) is 14.0 Å². The highest BCUT2D eigenvalue weighted by atomic mass is 32.2. The van der Waals surface area contributed by atoms with Crippen LogP contribution in [0, 0.1) is 11.7 Å². The van der Waals surface area contributed by atoms with Crippen molar-refractivity contribution < 1.29 is 23.8 Å². The number of ether oxygens (including phenoxy) is 1. The molecule has 2 N–H and O–H groups in total. The van der Waals surface area contributed by atoms with E-state index in [1.165, 1.54) is 36.3 Å². The topological polar surface area (TPSA) is 91.8 Å². The summed E-state index contributed by atoms with van der Waals surface area (Å²) < 4.78 is 19.8. The summed E-state index contributed by atoms with van der Waals surface area (Å²) in [6.07, 6.45) is 6.10. The largest absolute Gasteiger partial charge is 0.494 e. The number of rotatable bonds is 9. The molecule has 7 nitrogen and oxygen atoms in total. The zero-order chi connectivity index (χ0) is 23.1. The molecule has 0 atom stereocenters. The Morgan fingerprint density at radius 3 is 2.75 bits per heavy atom. The van der Waals surface area contributed by atoms with Crippen LogP contribution in [0.5, 0.6) is 5.75 Å². The Kier molecular flexibility index (Phi) is 8.75. The number of methoxy groups -OCH3 is 1. The van der Waals surface area contributed by atoms with Crippen LogP contribution in [-0.4, -0.2) is 52.4 Å². The Balaban J connectivity index is 1.67. The lowest BCUT2D eigenvalue weighted by atomic mass is 9.86. The number of nitrogens with zero attached hydrogens (tertiary/aromatic N) is 2. The van der Waals surface area contributed by atoms with E-state index < -0.39 is 11.8 Å². The van der Waals surface area contributed by atoms with Crippen LogP contribution < -0.4 is 10.1 Å². The summed E-state index contributed by atoms with van der Waals surface area (Å²) in [6, 6.07) is 4.75. The average molecular weight is 482 g/mol. The fourth-order valence-electron chi connectivity index (χ4n) is 3.80. The minimum atomic E-state index is -0.901. The van der Waals surface area contributed by atoms with Gasteiger partial charge in [0.15, 0.2) is 16.7 Å². The number of amides is 2. The van der Waals surface area contributed by atoms with Crippen molar-refractivity contribution in [3.8, 4) is 5.75 Å². The van der Waals surface area contributed by atoms with Crippen molar-refractivity contribution in [1.82, 2.24) is 9.88 Å². The highest BCUT2D eigenvalue weighted by Crippen LogP contribution is 2.30. The second-order valence-electron chi connectivity index (χ2n) is 7.92. The number of carboxylic acid groups (broad SMARTS) is 1. The van der Waals surface area contributed by atoms with E-state index in [2.05, 4.69) is 17.2 Å². The summed E-state index contributed by atoms with van der Waals surface area (Å²) in [5.41, 5.74) is 0.798. The molecule has 0 saturated heterocycles. The predicted molar refractivity (Wildman–Crippen MR) is 124 cm³/mol. The maximum Gasteiger partial charge on any atom is 0.323 e. The maximum atomic E-state index is 14.1. The fourth-order valence-corrected chi connectivity index (χ4v) is 5.38. The SMILES string of the molecule is COc1ccc(CCN(C(=O)Nc2ncc(SCC(=O)O)s2)[C@H]2CC[C@H](C)CC2)cc1F. The van der Waals surface area contributed by atoms with Crippen LogP contribution in [0.4, 0.5) is 14.3 Å². The molecule has 32 heavy (non-hydrogen) atoms. The lowest BCUT2D eigenvalue weighted by molar-refractivity contribution is -0.133. The lowest BCUT2D eigenvalue weighted by Gasteiger charge is -2.36. The van der Waals surface area contributed by atoms with Crippen molar-refractivity contribution in [3.05, 3.63) is 35.8 Å². The standard InChI is InChI=1S/C22H28FN3O4S2/c1-14-3-6-16(7-4-14)26(10-9-15-5-8-18(30-2)17(23)11-15)22(29)25-21-24-12-20(32-21)31-13-19(27)28/h5,8,11-12,14,16H,3-4,6-7,9-10,13H2,1-2H3,(H,27,28)(H,24,25,29)/t14-,16-. The molecular formula is C22H28FN3O4S2. The smallest absolute Gasteiger partial charge is 0.323 e. The number of halogens is 1. The minimum Gasteiger partial charge on any atom is -0.494 e. The number of carboxylic acids is 1. The molecule has 1 saturated carbocycles. The number of nitrogens with one attached hydrogen (secondary N) is 1. The lowest BCUT2D eigenvalue weighted by Crippen LogP contribution is -2.45. The van der Waals surface area contributed by atoms with Crippen LogP contribution in [0.2, 0.25) is 0 Å². The number of hydrogen-bond donors (Lipinski definition) is 2. The van der Waals surface area contributed by atoms with Crippen molar-refractivity contribution in [3.63, 3.8) is 0 Å². The molecule has 0 spiro atoms. The van der Waals surface area contributed by atoms with Gasteiger partial charge in [-0.3, -0.25) is 10.1 Å². The molecule has 3 rings (SSSR count). The number of anilines is 1. The van der Waals surface area contributed by atoms with E-state index in [1.807, 2.05) is 11.0 Å². The zero-order valence-electron chi connectivity index (χ0n) is 18.2. The summed E-state index contributed by atoms with van der Waals surface area (Å²) >= 11 is 2.43. The first-order valence-electron chi connectivity index (χ1n) is 10.6. The quantitative estimate of drug-likeness (QED) is 0.483. The number of carbonyl (C=O) groups excluding carboxylic acids is 1. The average Bonchev–Trinajstić information content (AvgIpc) is 3.21. The first-order valence-corrected chi connectivity index (χ1v) is 12.4. The van der Waals surface area contributed by atoms with Crippen LogP contribution >= 0.6 is 23.1 Å². The monoisotopic (exact) mass is 481 g/mol. The van der Waals surface area contributed by atoms with Gasteiger partial charge in [-0.2, -0.15) is 0 Å². The van der Waals surface area contributed by atoms with E-state index in [0.29, 0.717) is 24.0 Å². The van der Waals surface area contributed by atoms with E-state index in [4.69, 9.17) is 9.84 Å². The Bertz CT molecular complexity index is 932. The number of urea groups is 1. The summed E-state index contributed by atoms with van der Waals surface area (Å²) in [5, 5.41) is 12.1. The molecule has 2 amide bonds. The Morgan fingerprint density at radius 1 is 1.34 bits per heavy atom. The molecule has 0 unspecified atom stereocenters. The van der Waals surface area contributed by atoms with Gasteiger partial charge in [0.05, 0.1) is 23.3 Å². The predicted octanol–water partition coefficient (Wildman–Crippen LogP) is 5.12. The van der Waals surface area contributed by atoms with Crippen molar-refractivity contribution in [2.75, 3.05) is 24.7 Å². The third-order valence-corrected chi connectivity index (χ3v) is 7.67. The van der Waals surface area contributed by atoms with E-state index in [0.717, 1.165) is 35.5 Å². The van der Waals surface area contributed by atoms with Crippen LogP contribution in [0.25, 0.3) is 0 Å². The third kappa shape index (κ3) is 6.83. The van der Waals surface area contributed by atoms with Gasteiger partial charge in [0.2, 0.25) is 0 Å². The Morgan fingerprint density at radius 2 is 2.09 bits per heavy atom. The second kappa shape index (κ2) is 11.5. The van der Waals surface area contributed by atoms with Gasteiger partial charge in [0.25, 0.3) is 0 Å². The first kappa shape index (κ1) is 24.3. The number of thiazole rings is 1. The highest BCUT2D eigenvalue weighted by molar-refractivity contribution is 8.01. The number of thioether (sulfide) groups is 1. The Labute approximate surface area is 195 Å². The van der Waals surface area contributed by atoms with E-state index >= 15 is 0 Å². The van der Waals surface area contributed by atoms with Gasteiger partial charge in [-0.15, -0.1) is 11.8 Å². The molecule has 10 heteroatoms. The number of hydrogen-bond acceptors (Lipinski definition) is 6. The molecule has 1 fully saturated rings. The molecule has 1 aliphatic rings. The summed E-state index contributed by atoms with van der Waals surface area (Å²) in [5.74, 6) is -0.520. The molecule has 2 aromatic rings. The van der Waals surface area contributed by atoms with E-state index in [-0.39, 0.29) is 23.6 Å². The number of aliphatic carboxylic acids is 1. The molecule has 1 aliphatic carbocycles. The third-order valence-electron chi connectivity index (χ3n) is 5.58. The molecule has 0 bridgehead atoms. The molecule has 0 radical (unpaired) electrons. The highest BCUT2D eigenvalue weighted by Gasteiger charge is 2.28. The van der Waals surface area contributed by atoms with Gasteiger partial charge in [0.1, 0.15) is 0 Å². The molecule has 1 heterocycles. The van der Waals surface area contributed by atoms with Crippen LogP contribution in [0.1, 0.15) is 38.2 Å². The molecule has 1 aromatic carbocycles. The maximum absolute atomic E-state index is 14.1. The molecular weight excluding hydrogens is 453 g/mol. The van der Waals surface area contributed by atoms with Gasteiger partial charge in [0, 0.05) is 12.6 Å². The van der Waals surface area contributed by atoms with Gasteiger partial charge < -0.3 is 14.7 Å². The van der Waals surface area contributed by atoms with Gasteiger partial charge in [-0.25, -0.2) is 14.2 Å². The second-order valence-corrected chi connectivity index (χ2v) is 10.2. The molecule has 0 aliphatic heterocycles. The summed E-state index contributed by atoms with van der Waals surface area (Å²) in [4.78, 5) is 29.9. The minimum absolute atomic E-state index is 0.0552. The van der Waals surface area contributed by atoms with Gasteiger partial charge >= 0.3 is 12.0 Å². The van der Waals surface area contributed by atoms with Gasteiger partial charge in [-0.1, -0.05) is 24.3 Å². The van der Waals surface area contributed by atoms with Gasteiger partial charge in [-0.05, 0) is 55.7 Å². The summed E-state index contributed by atoms with van der Waals surface area (Å²) in [7, 11) is 1.43. The number of carbonyl (C=O) groups is 2. The number of benzene rings is 1. The number of aromatic nitrogens is 1. The van der Waals surface area contributed by atoms with Crippen molar-refractivity contribution in [2.24, 2.45) is 5.92 Å². The fraction of sp³-hybridized carbons (Fsp3) is 0.500. The van der Waals surface area contributed by atoms with E-state index in [1.54, 1.807) is 12.3 Å². The van der Waals surface area contributed by atoms with Crippen molar-refractivity contribution >= 4 is 40.2 Å². The van der Waals surface area contributed by atoms with Crippen LogP contribution in [-0.2, 0) is 11.2 Å². The van der Waals surface area contributed by atoms with Crippen molar-refractivity contribution in [2.45, 2.75) is 49.3 Å². The van der Waals surface area contributed by atoms with Crippen LogP contribution in [0.15, 0.2) is 28.6 Å². The zero-order valence-corrected chi connectivity index (χ0v) is 19.8. The first-order chi connectivity index (χ1) is 15.4. The molecule has 1 aromatic heterocycles.